The molecule has 92 valence electrons. The number of nitrogens with two attached hydrogens (primary N) is 1. The van der Waals surface area contributed by atoms with Crippen molar-refractivity contribution in [1.82, 2.24) is 5.32 Å². The van der Waals surface area contributed by atoms with Crippen LogP contribution in [-0.2, 0) is 14.3 Å². The molecule has 6 nitrogen and oxygen atoms in total. The van der Waals surface area contributed by atoms with Crippen LogP contribution in [0.3, 0.4) is 0 Å². The Balaban J connectivity index is 4.11. The van der Waals surface area contributed by atoms with Gasteiger partial charge in [-0.3, -0.25) is 10.1 Å². The Hall–Kier alpha value is -1.27. The maximum atomic E-state index is 11.4. The van der Waals surface area contributed by atoms with Crippen LogP contribution in [0.5, 0.6) is 0 Å². The first-order valence-electron chi connectivity index (χ1n) is 5.26. The van der Waals surface area contributed by atoms with E-state index in [0.29, 0.717) is 13.0 Å². The number of esters is 2. The van der Waals surface area contributed by atoms with Crippen LogP contribution in [0, 0.1) is 5.41 Å². The molecule has 0 saturated heterocycles. The number of carbonyl (C=O) groups is 2. The number of rotatable bonds is 8. The van der Waals surface area contributed by atoms with Crippen molar-refractivity contribution in [3.05, 3.63) is 0 Å². The summed E-state index contributed by atoms with van der Waals surface area (Å²) in [6.45, 7) is 2.03. The molecule has 0 unspecified atom stereocenters. The second kappa shape index (κ2) is 8.99. The van der Waals surface area contributed by atoms with Crippen LogP contribution in [0.2, 0.25) is 0 Å². The Labute approximate surface area is 95.0 Å². The minimum absolute atomic E-state index is 0.278. The molecule has 1 atom stereocenters. The normalized spacial score (nSPS) is 11.9. The second-order valence-corrected chi connectivity index (χ2v) is 3.36. The molecular weight excluding hydrogens is 210 g/mol. The fourth-order valence-corrected chi connectivity index (χ4v) is 1.21. The van der Waals surface area contributed by atoms with Crippen molar-refractivity contribution < 1.29 is 14.3 Å². The minimum atomic E-state index is -0.620. The molecule has 0 bridgehead atoms. The molecule has 0 aromatic heterocycles. The highest BCUT2D eigenvalue weighted by molar-refractivity contribution is 5.87. The first kappa shape index (κ1) is 14.7. The Morgan fingerprint density at radius 2 is 2.19 bits per heavy atom. The van der Waals surface area contributed by atoms with Crippen molar-refractivity contribution in [2.45, 2.75) is 32.2 Å². The third kappa shape index (κ3) is 7.08. The van der Waals surface area contributed by atoms with Crippen LogP contribution in [-0.4, -0.2) is 37.3 Å². The molecule has 0 aliphatic heterocycles. The molecule has 0 fully saturated rings. The molecule has 0 rings (SSSR count). The Kier molecular flexibility index (Phi) is 8.28. The van der Waals surface area contributed by atoms with Crippen molar-refractivity contribution in [3.8, 4) is 0 Å². The number of hydrogen-bond donors (Lipinski definition) is 3. The van der Waals surface area contributed by atoms with Gasteiger partial charge in [-0.05, 0) is 19.4 Å². The average Bonchev–Trinajstić information content (AvgIpc) is 2.22. The van der Waals surface area contributed by atoms with Gasteiger partial charge in [-0.15, -0.1) is 0 Å². The topological polar surface area (TPSA) is 105 Å². The molecule has 4 N–H and O–H groups in total. The summed E-state index contributed by atoms with van der Waals surface area (Å²) in [7, 11) is 0. The first-order chi connectivity index (χ1) is 7.61. The van der Waals surface area contributed by atoms with E-state index in [1.807, 2.05) is 0 Å². The van der Waals surface area contributed by atoms with Crippen LogP contribution >= 0.6 is 0 Å². The Morgan fingerprint density at radius 3 is 2.69 bits per heavy atom. The zero-order valence-electron chi connectivity index (χ0n) is 9.49. The van der Waals surface area contributed by atoms with Gasteiger partial charge in [0, 0.05) is 19.7 Å². The van der Waals surface area contributed by atoms with Crippen LogP contribution in [0.1, 0.15) is 26.2 Å². The van der Waals surface area contributed by atoms with Gasteiger partial charge in [-0.2, -0.15) is 0 Å². The van der Waals surface area contributed by atoms with Crippen molar-refractivity contribution in [1.29, 1.82) is 5.41 Å². The lowest BCUT2D eigenvalue weighted by atomic mass is 10.1. The van der Waals surface area contributed by atoms with E-state index in [1.54, 1.807) is 0 Å². The monoisotopic (exact) mass is 229 g/mol. The predicted molar refractivity (Wildman–Crippen MR) is 60.3 cm³/mol. The van der Waals surface area contributed by atoms with E-state index in [1.165, 1.54) is 6.92 Å². The zero-order chi connectivity index (χ0) is 12.4. The molecule has 0 spiro atoms. The summed E-state index contributed by atoms with van der Waals surface area (Å²) >= 11 is 0. The van der Waals surface area contributed by atoms with Crippen molar-refractivity contribution in [3.63, 3.8) is 0 Å². The number of nitrogens with one attached hydrogen (secondary N) is 2. The summed E-state index contributed by atoms with van der Waals surface area (Å²) in [4.78, 5) is 22.1. The van der Waals surface area contributed by atoms with Gasteiger partial charge in [0.1, 0.15) is 6.04 Å². The highest BCUT2D eigenvalue weighted by atomic mass is 16.6. The van der Waals surface area contributed by atoms with Crippen molar-refractivity contribution >= 4 is 18.2 Å². The molecule has 0 aromatic rings. The number of carbonyl (C=O) groups excluding carboxylic acids is 2. The van der Waals surface area contributed by atoms with E-state index in [0.717, 1.165) is 19.1 Å². The molecule has 6 heteroatoms. The lowest BCUT2D eigenvalue weighted by Crippen LogP contribution is -2.39. The number of hydrogen-bond acceptors (Lipinski definition) is 6. The van der Waals surface area contributed by atoms with E-state index in [2.05, 4.69) is 10.1 Å². The third-order valence-corrected chi connectivity index (χ3v) is 1.94. The summed E-state index contributed by atoms with van der Waals surface area (Å²) in [5, 5.41) is 9.69. The summed E-state index contributed by atoms with van der Waals surface area (Å²) in [6, 6.07) is -0.544. The molecule has 0 amide bonds. The summed E-state index contributed by atoms with van der Waals surface area (Å²) in [6.07, 6.45) is 3.30. The average molecular weight is 229 g/mol. The quantitative estimate of drug-likeness (QED) is 0.231. The van der Waals surface area contributed by atoms with Gasteiger partial charge in [0.2, 0.25) is 0 Å². The fourth-order valence-electron chi connectivity index (χ4n) is 1.21. The fraction of sp³-hybridized carbons (Fsp3) is 0.700. The standard InChI is InChI=1S/C10H19N3O3/c1-8(14)16-10(15)9(13-7-6-12)4-2-3-5-11/h6,9,12-13H,2-5,7,11H2,1H3/t9-/m0/s1. The smallest absolute Gasteiger partial charge is 0.330 e. The van der Waals surface area contributed by atoms with Crippen LogP contribution in [0.15, 0.2) is 0 Å². The van der Waals surface area contributed by atoms with Gasteiger partial charge < -0.3 is 15.9 Å². The molecule has 0 heterocycles. The van der Waals surface area contributed by atoms with Gasteiger partial charge in [0.05, 0.1) is 0 Å². The highest BCUT2D eigenvalue weighted by Crippen LogP contribution is 2.02. The highest BCUT2D eigenvalue weighted by Gasteiger charge is 2.19. The lowest BCUT2D eigenvalue weighted by molar-refractivity contribution is -0.159. The molecule has 0 radical (unpaired) electrons. The van der Waals surface area contributed by atoms with Crippen LogP contribution < -0.4 is 11.1 Å². The second-order valence-electron chi connectivity index (χ2n) is 3.36. The molecule has 16 heavy (non-hydrogen) atoms. The lowest BCUT2D eigenvalue weighted by Gasteiger charge is -2.14. The van der Waals surface area contributed by atoms with Gasteiger partial charge in [0.25, 0.3) is 0 Å². The molecule has 0 saturated carbocycles. The van der Waals surface area contributed by atoms with Gasteiger partial charge in [0.15, 0.2) is 0 Å². The van der Waals surface area contributed by atoms with E-state index in [-0.39, 0.29) is 6.54 Å². The molecule has 0 aliphatic carbocycles. The predicted octanol–water partition coefficient (Wildman–Crippen LogP) is -0.187. The molecular formula is C10H19N3O3. The summed E-state index contributed by atoms with van der Waals surface area (Å²) < 4.78 is 4.49. The van der Waals surface area contributed by atoms with Gasteiger partial charge >= 0.3 is 11.9 Å². The van der Waals surface area contributed by atoms with Crippen molar-refractivity contribution in [2.24, 2.45) is 5.73 Å². The summed E-state index contributed by atoms with van der Waals surface area (Å²) in [5.74, 6) is -1.21. The Bertz CT molecular complexity index is 243. The SMILES string of the molecule is CC(=O)OC(=O)[C@H](CCCCN)NCC=N. The first-order valence-corrected chi connectivity index (χ1v) is 5.26. The molecule has 0 aromatic carbocycles. The van der Waals surface area contributed by atoms with E-state index < -0.39 is 18.0 Å². The van der Waals surface area contributed by atoms with Gasteiger partial charge in [-0.25, -0.2) is 4.79 Å². The van der Waals surface area contributed by atoms with Crippen molar-refractivity contribution in [2.75, 3.05) is 13.1 Å². The summed E-state index contributed by atoms with van der Waals surface area (Å²) in [5.41, 5.74) is 5.34. The zero-order valence-corrected chi connectivity index (χ0v) is 9.49. The van der Waals surface area contributed by atoms with E-state index in [9.17, 15) is 9.59 Å². The molecule has 0 aliphatic rings. The Morgan fingerprint density at radius 1 is 1.50 bits per heavy atom. The minimum Gasteiger partial charge on any atom is -0.392 e. The largest absolute Gasteiger partial charge is 0.392 e. The van der Waals surface area contributed by atoms with Crippen LogP contribution in [0.25, 0.3) is 0 Å². The van der Waals surface area contributed by atoms with Crippen LogP contribution in [0.4, 0.5) is 0 Å². The number of unbranched alkanes of at least 4 members (excludes halogenated alkanes) is 1. The number of ether oxygens (including phenoxy) is 1. The third-order valence-electron chi connectivity index (χ3n) is 1.94. The maximum absolute atomic E-state index is 11.4. The van der Waals surface area contributed by atoms with Gasteiger partial charge in [-0.1, -0.05) is 6.42 Å². The van der Waals surface area contributed by atoms with E-state index >= 15 is 0 Å². The van der Waals surface area contributed by atoms with E-state index in [4.69, 9.17) is 11.1 Å². The maximum Gasteiger partial charge on any atom is 0.330 e.